The van der Waals surface area contributed by atoms with E-state index in [0.717, 1.165) is 36.2 Å². The van der Waals surface area contributed by atoms with E-state index in [-0.39, 0.29) is 36.7 Å². The first kappa shape index (κ1) is 19.9. The lowest BCUT2D eigenvalue weighted by Crippen LogP contribution is -2.45. The molecule has 1 fully saturated rings. The predicted octanol–water partition coefficient (Wildman–Crippen LogP) is 4.49. The van der Waals surface area contributed by atoms with Gasteiger partial charge >= 0.3 is 0 Å². The summed E-state index contributed by atoms with van der Waals surface area (Å²) in [5, 5.41) is 5.41. The SMILES string of the molecule is Cl.Cl.Fc1ccc(Br)cc1[C@@H](c1cccs1)N1CCNCC1. The van der Waals surface area contributed by atoms with Crippen molar-refractivity contribution < 1.29 is 4.39 Å². The molecule has 2 nitrogen and oxygen atoms in total. The van der Waals surface area contributed by atoms with Crippen molar-refractivity contribution >= 4 is 52.1 Å². The van der Waals surface area contributed by atoms with Gasteiger partial charge in [0.15, 0.2) is 0 Å². The number of nitrogens with one attached hydrogen (secondary N) is 1. The van der Waals surface area contributed by atoms with Gasteiger partial charge < -0.3 is 5.32 Å². The molecule has 2 heterocycles. The lowest BCUT2D eigenvalue weighted by atomic mass is 10.0. The molecule has 122 valence electrons. The zero-order chi connectivity index (χ0) is 13.9. The largest absolute Gasteiger partial charge is 0.314 e. The lowest BCUT2D eigenvalue weighted by molar-refractivity contribution is 0.197. The summed E-state index contributed by atoms with van der Waals surface area (Å²) in [6, 6.07) is 9.34. The van der Waals surface area contributed by atoms with Gasteiger partial charge in [-0.2, -0.15) is 0 Å². The van der Waals surface area contributed by atoms with E-state index in [4.69, 9.17) is 0 Å². The van der Waals surface area contributed by atoms with E-state index in [0.29, 0.717) is 0 Å². The van der Waals surface area contributed by atoms with E-state index >= 15 is 0 Å². The minimum atomic E-state index is -0.134. The zero-order valence-electron chi connectivity index (χ0n) is 11.8. The molecule has 2 aromatic rings. The van der Waals surface area contributed by atoms with Crippen molar-refractivity contribution in [3.8, 4) is 0 Å². The van der Waals surface area contributed by atoms with Gasteiger partial charge in [0.1, 0.15) is 5.82 Å². The van der Waals surface area contributed by atoms with Crippen LogP contribution in [0, 0.1) is 5.82 Å². The van der Waals surface area contributed by atoms with E-state index in [9.17, 15) is 4.39 Å². The highest BCUT2D eigenvalue weighted by molar-refractivity contribution is 9.10. The van der Waals surface area contributed by atoms with E-state index in [1.807, 2.05) is 12.1 Å². The van der Waals surface area contributed by atoms with E-state index in [1.54, 1.807) is 23.5 Å². The van der Waals surface area contributed by atoms with Crippen LogP contribution in [0.4, 0.5) is 4.39 Å². The quantitative estimate of drug-likeness (QED) is 0.776. The number of rotatable bonds is 3. The Balaban J connectivity index is 0.00000121. The number of hydrogen-bond acceptors (Lipinski definition) is 3. The molecule has 1 aromatic heterocycles. The molecule has 0 aliphatic carbocycles. The molecule has 22 heavy (non-hydrogen) atoms. The summed E-state index contributed by atoms with van der Waals surface area (Å²) in [6.45, 7) is 3.79. The summed E-state index contributed by atoms with van der Waals surface area (Å²) in [5.74, 6) is -0.134. The van der Waals surface area contributed by atoms with Crippen LogP contribution in [-0.2, 0) is 0 Å². The van der Waals surface area contributed by atoms with Gasteiger partial charge in [-0.1, -0.05) is 22.0 Å². The molecule has 0 amide bonds. The zero-order valence-corrected chi connectivity index (χ0v) is 15.8. The summed E-state index contributed by atoms with van der Waals surface area (Å²) < 4.78 is 15.2. The van der Waals surface area contributed by atoms with Crippen molar-refractivity contribution in [3.05, 3.63) is 56.4 Å². The normalized spacial score (nSPS) is 16.5. The maximum atomic E-state index is 14.3. The fraction of sp³-hybridized carbons (Fsp3) is 0.333. The molecule has 0 radical (unpaired) electrons. The number of nitrogens with zero attached hydrogens (tertiary/aromatic N) is 1. The summed E-state index contributed by atoms with van der Waals surface area (Å²) in [4.78, 5) is 3.55. The summed E-state index contributed by atoms with van der Waals surface area (Å²) in [6.07, 6.45) is 0. The average Bonchev–Trinajstić information content (AvgIpc) is 2.98. The number of hydrogen-bond donors (Lipinski definition) is 1. The maximum absolute atomic E-state index is 14.3. The van der Waals surface area contributed by atoms with Crippen molar-refractivity contribution in [1.82, 2.24) is 10.2 Å². The van der Waals surface area contributed by atoms with Crippen LogP contribution in [0.3, 0.4) is 0 Å². The van der Waals surface area contributed by atoms with Gasteiger partial charge in [-0.25, -0.2) is 4.39 Å². The van der Waals surface area contributed by atoms with Gasteiger partial charge in [0.05, 0.1) is 6.04 Å². The van der Waals surface area contributed by atoms with Gasteiger partial charge in [-0.05, 0) is 29.6 Å². The molecule has 3 rings (SSSR count). The Morgan fingerprint density at radius 1 is 1.18 bits per heavy atom. The molecule has 0 bridgehead atoms. The maximum Gasteiger partial charge on any atom is 0.128 e. The molecule has 1 atom stereocenters. The first-order valence-electron chi connectivity index (χ1n) is 6.69. The van der Waals surface area contributed by atoms with Gasteiger partial charge in [0, 0.05) is 41.1 Å². The molecule has 0 saturated carbocycles. The second kappa shape index (κ2) is 9.21. The highest BCUT2D eigenvalue weighted by Gasteiger charge is 2.27. The van der Waals surface area contributed by atoms with Crippen molar-refractivity contribution in [2.24, 2.45) is 0 Å². The molecule has 0 unspecified atom stereocenters. The first-order valence-corrected chi connectivity index (χ1v) is 8.36. The smallest absolute Gasteiger partial charge is 0.128 e. The van der Waals surface area contributed by atoms with Crippen LogP contribution in [0.25, 0.3) is 0 Å². The number of thiophene rings is 1. The third-order valence-electron chi connectivity index (χ3n) is 3.58. The average molecular weight is 428 g/mol. The Morgan fingerprint density at radius 3 is 2.55 bits per heavy atom. The van der Waals surface area contributed by atoms with Gasteiger partial charge in [-0.3, -0.25) is 4.90 Å². The molecule has 0 spiro atoms. The van der Waals surface area contributed by atoms with E-state index < -0.39 is 0 Å². The molecule has 1 N–H and O–H groups in total. The second-order valence-electron chi connectivity index (χ2n) is 4.87. The Kier molecular flexibility index (Phi) is 8.32. The second-order valence-corrected chi connectivity index (χ2v) is 6.76. The van der Waals surface area contributed by atoms with Gasteiger partial charge in [-0.15, -0.1) is 36.2 Å². The number of piperazine rings is 1. The lowest BCUT2D eigenvalue weighted by Gasteiger charge is -2.35. The predicted molar refractivity (Wildman–Crippen MR) is 99.2 cm³/mol. The van der Waals surface area contributed by atoms with Crippen LogP contribution in [0.15, 0.2) is 40.2 Å². The minimum Gasteiger partial charge on any atom is -0.314 e. The highest BCUT2D eigenvalue weighted by Crippen LogP contribution is 2.34. The fourth-order valence-corrected chi connectivity index (χ4v) is 3.90. The van der Waals surface area contributed by atoms with Gasteiger partial charge in [0.2, 0.25) is 0 Å². The molecular formula is C15H18BrCl2FN2S. The molecular weight excluding hydrogens is 410 g/mol. The number of benzene rings is 1. The van der Waals surface area contributed by atoms with Crippen molar-refractivity contribution in [3.63, 3.8) is 0 Å². The van der Waals surface area contributed by atoms with Gasteiger partial charge in [0.25, 0.3) is 0 Å². The summed E-state index contributed by atoms with van der Waals surface area (Å²) in [5.41, 5.74) is 0.753. The monoisotopic (exact) mass is 426 g/mol. The Morgan fingerprint density at radius 2 is 1.91 bits per heavy atom. The fourth-order valence-electron chi connectivity index (χ4n) is 2.64. The Hall–Kier alpha value is -0.170. The van der Waals surface area contributed by atoms with Crippen LogP contribution < -0.4 is 5.32 Å². The Labute approximate surface area is 155 Å². The van der Waals surface area contributed by atoms with Crippen LogP contribution in [0.5, 0.6) is 0 Å². The molecule has 1 aliphatic rings. The van der Waals surface area contributed by atoms with Crippen LogP contribution in [0.2, 0.25) is 0 Å². The summed E-state index contributed by atoms with van der Waals surface area (Å²) >= 11 is 5.15. The molecule has 1 aliphatic heterocycles. The third kappa shape index (κ3) is 4.43. The topological polar surface area (TPSA) is 15.3 Å². The highest BCUT2D eigenvalue weighted by atomic mass is 79.9. The molecule has 7 heteroatoms. The standard InChI is InChI=1S/C15H16BrFN2S.2ClH/c16-11-3-4-13(17)12(10-11)15(14-2-1-9-20-14)19-7-5-18-6-8-19;;/h1-4,9-10,15,18H,5-8H2;2*1H/t15-;;/m0../s1. The van der Waals surface area contributed by atoms with Crippen LogP contribution in [-0.4, -0.2) is 31.1 Å². The van der Waals surface area contributed by atoms with Crippen molar-refractivity contribution in [2.45, 2.75) is 6.04 Å². The van der Waals surface area contributed by atoms with Crippen LogP contribution >= 0.6 is 52.1 Å². The van der Waals surface area contributed by atoms with E-state index in [2.05, 4.69) is 37.6 Å². The molecule has 1 saturated heterocycles. The van der Waals surface area contributed by atoms with Crippen molar-refractivity contribution in [2.75, 3.05) is 26.2 Å². The minimum absolute atomic E-state index is 0. The van der Waals surface area contributed by atoms with E-state index in [1.165, 1.54) is 4.88 Å². The Bertz CT molecular complexity index is 577. The summed E-state index contributed by atoms with van der Waals surface area (Å²) in [7, 11) is 0. The number of halogens is 4. The van der Waals surface area contributed by atoms with Crippen LogP contribution in [0.1, 0.15) is 16.5 Å². The third-order valence-corrected chi connectivity index (χ3v) is 5.00. The van der Waals surface area contributed by atoms with Crippen molar-refractivity contribution in [1.29, 1.82) is 0 Å². The molecule has 1 aromatic carbocycles. The first-order chi connectivity index (χ1) is 9.75.